The number of carbonyl (C=O) groups excluding carboxylic acids is 2. The molecule has 0 spiro atoms. The van der Waals surface area contributed by atoms with Crippen molar-refractivity contribution in [3.63, 3.8) is 0 Å². The van der Waals surface area contributed by atoms with Gasteiger partial charge in [-0.05, 0) is 29.7 Å². The normalized spacial score (nSPS) is 10.8. The lowest BCUT2D eigenvalue weighted by Crippen LogP contribution is -2.20. The Bertz CT molecular complexity index is 1180. The van der Waals surface area contributed by atoms with Crippen LogP contribution in [0.15, 0.2) is 60.7 Å². The number of thiazole rings is 1. The summed E-state index contributed by atoms with van der Waals surface area (Å²) in [6.45, 7) is 1.35. The number of hydrogen-bond donors (Lipinski definition) is 2. The van der Waals surface area contributed by atoms with Crippen molar-refractivity contribution in [2.45, 2.75) is 6.92 Å². The van der Waals surface area contributed by atoms with E-state index in [9.17, 15) is 9.59 Å². The Kier molecular flexibility index (Phi) is 4.90. The molecule has 140 valence electrons. The molecule has 2 amide bonds. The number of carbonyl (C=O) groups is 2. The zero-order valence-electron chi connectivity index (χ0n) is 15.1. The molecule has 0 fully saturated rings. The third-order valence-corrected chi connectivity index (χ3v) is 5.00. The smallest absolute Gasteiger partial charge is 0.264 e. The van der Waals surface area contributed by atoms with Crippen LogP contribution in [0.25, 0.3) is 21.0 Å². The summed E-state index contributed by atoms with van der Waals surface area (Å²) in [6.07, 6.45) is 0. The average Bonchev–Trinajstić information content (AvgIpc) is 3.07. The van der Waals surface area contributed by atoms with Crippen LogP contribution in [-0.4, -0.2) is 23.4 Å². The highest BCUT2D eigenvalue weighted by molar-refractivity contribution is 7.22. The van der Waals surface area contributed by atoms with Gasteiger partial charge in [-0.3, -0.25) is 14.9 Å². The summed E-state index contributed by atoms with van der Waals surface area (Å²) >= 11 is 1.34. The van der Waals surface area contributed by atoms with E-state index in [-0.39, 0.29) is 18.4 Å². The van der Waals surface area contributed by atoms with E-state index in [0.29, 0.717) is 16.6 Å². The van der Waals surface area contributed by atoms with Gasteiger partial charge in [0.1, 0.15) is 5.75 Å². The molecule has 0 bridgehead atoms. The molecule has 0 radical (unpaired) electrons. The maximum absolute atomic E-state index is 12.3. The molecule has 2 N–H and O–H groups in total. The van der Waals surface area contributed by atoms with Gasteiger partial charge in [0.05, 0.1) is 10.2 Å². The van der Waals surface area contributed by atoms with Crippen LogP contribution in [0.1, 0.15) is 6.92 Å². The third kappa shape index (κ3) is 3.94. The summed E-state index contributed by atoms with van der Waals surface area (Å²) in [5, 5.41) is 8.00. The highest BCUT2D eigenvalue weighted by Gasteiger charge is 2.10. The number of ether oxygens (including phenoxy) is 1. The molecule has 7 heteroatoms. The Labute approximate surface area is 165 Å². The summed E-state index contributed by atoms with van der Waals surface area (Å²) in [6, 6.07) is 19.0. The van der Waals surface area contributed by atoms with Gasteiger partial charge in [-0.2, -0.15) is 0 Å². The van der Waals surface area contributed by atoms with E-state index < -0.39 is 0 Å². The molecule has 1 aromatic heterocycles. The maximum Gasteiger partial charge on any atom is 0.264 e. The first-order chi connectivity index (χ1) is 13.6. The van der Waals surface area contributed by atoms with Crippen molar-refractivity contribution in [2.24, 2.45) is 0 Å². The van der Waals surface area contributed by atoms with Gasteiger partial charge in [0.25, 0.3) is 5.91 Å². The molecule has 3 aromatic carbocycles. The van der Waals surface area contributed by atoms with Gasteiger partial charge in [-0.25, -0.2) is 4.98 Å². The number of rotatable bonds is 5. The van der Waals surface area contributed by atoms with Crippen molar-refractivity contribution < 1.29 is 14.3 Å². The minimum absolute atomic E-state index is 0.110. The summed E-state index contributed by atoms with van der Waals surface area (Å²) < 4.78 is 6.58. The lowest BCUT2D eigenvalue weighted by atomic mass is 10.1. The first kappa shape index (κ1) is 17.9. The van der Waals surface area contributed by atoms with Gasteiger partial charge in [-0.1, -0.05) is 47.7 Å². The second-order valence-electron chi connectivity index (χ2n) is 6.20. The van der Waals surface area contributed by atoms with Gasteiger partial charge in [0, 0.05) is 18.0 Å². The monoisotopic (exact) mass is 391 g/mol. The molecule has 0 aliphatic carbocycles. The van der Waals surface area contributed by atoms with Crippen LogP contribution in [0, 0.1) is 0 Å². The maximum atomic E-state index is 12.3. The molecule has 4 rings (SSSR count). The molecule has 0 unspecified atom stereocenters. The van der Waals surface area contributed by atoms with Crippen LogP contribution in [0.3, 0.4) is 0 Å². The fraction of sp³-hybridized carbons (Fsp3) is 0.0952. The average molecular weight is 391 g/mol. The molecule has 28 heavy (non-hydrogen) atoms. The van der Waals surface area contributed by atoms with E-state index in [1.807, 2.05) is 48.5 Å². The zero-order chi connectivity index (χ0) is 19.5. The molecule has 0 aliphatic rings. The zero-order valence-corrected chi connectivity index (χ0v) is 15.9. The van der Waals surface area contributed by atoms with Crippen molar-refractivity contribution in [1.82, 2.24) is 4.98 Å². The lowest BCUT2D eigenvalue weighted by Gasteiger charge is -2.08. The molecule has 0 atom stereocenters. The molecule has 0 saturated heterocycles. The Morgan fingerprint density at radius 3 is 2.71 bits per heavy atom. The van der Waals surface area contributed by atoms with Crippen molar-refractivity contribution in [3.05, 3.63) is 60.7 Å². The van der Waals surface area contributed by atoms with Crippen LogP contribution in [0.5, 0.6) is 5.75 Å². The first-order valence-electron chi connectivity index (χ1n) is 8.67. The second kappa shape index (κ2) is 7.66. The van der Waals surface area contributed by atoms with Crippen molar-refractivity contribution in [2.75, 3.05) is 17.2 Å². The van der Waals surface area contributed by atoms with E-state index >= 15 is 0 Å². The lowest BCUT2D eigenvalue weighted by molar-refractivity contribution is -0.118. The predicted octanol–water partition coefficient (Wildman–Crippen LogP) is 4.43. The van der Waals surface area contributed by atoms with Gasteiger partial charge in [0.15, 0.2) is 11.7 Å². The van der Waals surface area contributed by atoms with Crippen LogP contribution in [0.4, 0.5) is 10.8 Å². The van der Waals surface area contributed by atoms with Crippen LogP contribution in [-0.2, 0) is 9.59 Å². The number of amides is 2. The number of aromatic nitrogens is 1. The number of nitrogens with one attached hydrogen (secondary N) is 2. The molecule has 0 saturated carbocycles. The summed E-state index contributed by atoms with van der Waals surface area (Å²) in [5.74, 6) is 0.245. The summed E-state index contributed by atoms with van der Waals surface area (Å²) in [7, 11) is 0. The number of anilines is 2. The van der Waals surface area contributed by atoms with E-state index in [0.717, 1.165) is 21.0 Å². The molecule has 0 aliphatic heterocycles. The largest absolute Gasteiger partial charge is 0.483 e. The molecule has 6 nitrogen and oxygen atoms in total. The van der Waals surface area contributed by atoms with E-state index in [1.54, 1.807) is 12.1 Å². The van der Waals surface area contributed by atoms with Crippen molar-refractivity contribution >= 4 is 55.0 Å². The minimum Gasteiger partial charge on any atom is -0.483 e. The van der Waals surface area contributed by atoms with Crippen LogP contribution >= 0.6 is 11.3 Å². The minimum atomic E-state index is -0.283. The highest BCUT2D eigenvalue weighted by atomic mass is 32.1. The van der Waals surface area contributed by atoms with Gasteiger partial charge in [0.2, 0.25) is 5.91 Å². The summed E-state index contributed by atoms with van der Waals surface area (Å²) in [5.41, 5.74) is 1.45. The first-order valence-corrected chi connectivity index (χ1v) is 9.49. The molecule has 4 aromatic rings. The Balaban J connectivity index is 1.44. The second-order valence-corrected chi connectivity index (χ2v) is 7.23. The number of hydrogen-bond acceptors (Lipinski definition) is 5. The van der Waals surface area contributed by atoms with Crippen molar-refractivity contribution in [1.29, 1.82) is 0 Å². The highest BCUT2D eigenvalue weighted by Crippen LogP contribution is 2.29. The van der Waals surface area contributed by atoms with Crippen LogP contribution in [0.2, 0.25) is 0 Å². The van der Waals surface area contributed by atoms with Gasteiger partial charge >= 0.3 is 0 Å². The Morgan fingerprint density at radius 2 is 1.86 bits per heavy atom. The number of nitrogens with zero attached hydrogens (tertiary/aromatic N) is 1. The Hall–Kier alpha value is -3.45. The quantitative estimate of drug-likeness (QED) is 0.528. The van der Waals surface area contributed by atoms with Gasteiger partial charge < -0.3 is 10.1 Å². The molecular formula is C21H17N3O3S. The van der Waals surface area contributed by atoms with E-state index in [1.165, 1.54) is 18.3 Å². The van der Waals surface area contributed by atoms with Crippen LogP contribution < -0.4 is 15.4 Å². The SMILES string of the molecule is CC(=O)Nc1ccc2nc(NC(=O)COc3cccc4ccccc34)sc2c1. The van der Waals surface area contributed by atoms with E-state index in [4.69, 9.17) is 4.74 Å². The molecular weight excluding hydrogens is 374 g/mol. The Morgan fingerprint density at radius 1 is 1.04 bits per heavy atom. The number of fused-ring (bicyclic) bond motifs is 2. The van der Waals surface area contributed by atoms with E-state index in [2.05, 4.69) is 15.6 Å². The fourth-order valence-electron chi connectivity index (χ4n) is 2.88. The predicted molar refractivity (Wildman–Crippen MR) is 112 cm³/mol. The third-order valence-electron chi connectivity index (χ3n) is 4.06. The topological polar surface area (TPSA) is 80.3 Å². The fourth-order valence-corrected chi connectivity index (χ4v) is 3.80. The van der Waals surface area contributed by atoms with Gasteiger partial charge in [-0.15, -0.1) is 0 Å². The number of benzene rings is 3. The summed E-state index contributed by atoms with van der Waals surface area (Å²) in [4.78, 5) is 27.9. The molecule has 1 heterocycles. The van der Waals surface area contributed by atoms with Crippen molar-refractivity contribution in [3.8, 4) is 5.75 Å². The standard InChI is InChI=1S/C21H17N3O3S/c1-13(25)22-15-9-10-17-19(11-15)28-21(23-17)24-20(26)12-27-18-8-4-6-14-5-2-3-7-16(14)18/h2-11H,12H2,1H3,(H,22,25)(H,23,24,26).